The van der Waals surface area contributed by atoms with Gasteiger partial charge in [0.1, 0.15) is 5.76 Å². The second-order valence-corrected chi connectivity index (χ2v) is 8.92. The number of sulfonamides is 1. The van der Waals surface area contributed by atoms with E-state index in [-0.39, 0.29) is 15.9 Å². The van der Waals surface area contributed by atoms with Crippen LogP contribution in [0.5, 0.6) is 0 Å². The molecule has 0 aliphatic rings. The molecule has 9 heteroatoms. The van der Waals surface area contributed by atoms with E-state index in [1.807, 2.05) is 6.07 Å². The van der Waals surface area contributed by atoms with Crippen LogP contribution in [0.2, 0.25) is 0 Å². The first-order valence-electron chi connectivity index (χ1n) is 8.80. The molecule has 0 aliphatic heterocycles. The average molecular weight is 428 g/mol. The monoisotopic (exact) mass is 427 g/mol. The first-order chi connectivity index (χ1) is 14.0. The van der Waals surface area contributed by atoms with Gasteiger partial charge in [-0.2, -0.15) is 0 Å². The van der Waals surface area contributed by atoms with Gasteiger partial charge in [0.25, 0.3) is 15.9 Å². The normalized spacial score (nSPS) is 11.4. The number of rotatable bonds is 7. The van der Waals surface area contributed by atoms with Crippen LogP contribution < -0.4 is 10.0 Å². The second-order valence-electron chi connectivity index (χ2n) is 6.21. The fourth-order valence-electron chi connectivity index (χ4n) is 2.74. The molecular weight excluding hydrogens is 410 g/mol. The zero-order chi connectivity index (χ0) is 20.3. The van der Waals surface area contributed by atoms with Gasteiger partial charge in [-0.1, -0.05) is 29.5 Å². The third kappa shape index (κ3) is 4.47. The number of anilines is 1. The van der Waals surface area contributed by atoms with Gasteiger partial charge in [0.2, 0.25) is 0 Å². The molecule has 0 radical (unpaired) electrons. The Morgan fingerprint density at radius 2 is 1.90 bits per heavy atom. The summed E-state index contributed by atoms with van der Waals surface area (Å²) in [4.78, 5) is 16.8. The number of benzene rings is 2. The fraction of sp³-hybridized carbons (Fsp3) is 0.100. The summed E-state index contributed by atoms with van der Waals surface area (Å²) < 4.78 is 33.4. The van der Waals surface area contributed by atoms with Crippen molar-refractivity contribution in [2.24, 2.45) is 0 Å². The molecule has 0 saturated heterocycles. The van der Waals surface area contributed by atoms with Gasteiger partial charge in [0.15, 0.2) is 5.13 Å². The third-order valence-corrected chi connectivity index (χ3v) is 6.58. The summed E-state index contributed by atoms with van der Waals surface area (Å²) in [7, 11) is -3.71. The molecule has 2 aromatic heterocycles. The highest BCUT2D eigenvalue weighted by Crippen LogP contribution is 2.28. The Morgan fingerprint density at radius 3 is 2.66 bits per heavy atom. The molecule has 0 unspecified atom stereocenters. The largest absolute Gasteiger partial charge is 0.469 e. The minimum absolute atomic E-state index is 0.163. The van der Waals surface area contributed by atoms with Gasteiger partial charge < -0.3 is 9.73 Å². The van der Waals surface area contributed by atoms with E-state index >= 15 is 0 Å². The Bertz CT molecular complexity index is 1230. The molecule has 0 saturated carbocycles. The number of nitrogens with zero attached hydrogens (tertiary/aromatic N) is 1. The molecule has 1 amide bonds. The minimum atomic E-state index is -3.71. The first kappa shape index (κ1) is 19.2. The number of hydrogen-bond acceptors (Lipinski definition) is 6. The molecular formula is C20H17N3O4S2. The van der Waals surface area contributed by atoms with E-state index in [2.05, 4.69) is 15.0 Å². The van der Waals surface area contributed by atoms with Crippen molar-refractivity contribution in [1.82, 2.24) is 10.3 Å². The Labute approximate surface area is 171 Å². The van der Waals surface area contributed by atoms with Crippen LogP contribution in [0.15, 0.2) is 76.2 Å². The number of amides is 1. The molecule has 7 nitrogen and oxygen atoms in total. The molecule has 2 N–H and O–H groups in total. The molecule has 0 aliphatic carbocycles. The van der Waals surface area contributed by atoms with Crippen molar-refractivity contribution in [3.05, 3.63) is 78.3 Å². The van der Waals surface area contributed by atoms with Crippen LogP contribution in [0.4, 0.5) is 5.13 Å². The van der Waals surface area contributed by atoms with Gasteiger partial charge in [0, 0.05) is 18.5 Å². The van der Waals surface area contributed by atoms with E-state index in [0.29, 0.717) is 24.0 Å². The SMILES string of the molecule is O=C(NCCc1ccco1)c1ccc2nc(NS(=O)(=O)c3ccccc3)sc2c1. The van der Waals surface area contributed by atoms with Gasteiger partial charge in [-0.05, 0) is 42.5 Å². The van der Waals surface area contributed by atoms with Crippen LogP contribution in [0.1, 0.15) is 16.1 Å². The summed E-state index contributed by atoms with van der Waals surface area (Å²) >= 11 is 1.18. The highest BCUT2D eigenvalue weighted by Gasteiger charge is 2.17. The smallest absolute Gasteiger partial charge is 0.263 e. The lowest BCUT2D eigenvalue weighted by Gasteiger charge is -2.04. The van der Waals surface area contributed by atoms with Crippen molar-refractivity contribution in [3.8, 4) is 0 Å². The molecule has 148 valence electrons. The lowest BCUT2D eigenvalue weighted by atomic mass is 10.2. The maximum Gasteiger partial charge on any atom is 0.263 e. The molecule has 4 rings (SSSR count). The van der Waals surface area contributed by atoms with Crippen molar-refractivity contribution in [3.63, 3.8) is 0 Å². The quantitative estimate of drug-likeness (QED) is 0.469. The molecule has 29 heavy (non-hydrogen) atoms. The third-order valence-electron chi connectivity index (χ3n) is 4.16. The van der Waals surface area contributed by atoms with Gasteiger partial charge in [0.05, 0.1) is 21.4 Å². The van der Waals surface area contributed by atoms with Crippen molar-refractivity contribution in [2.45, 2.75) is 11.3 Å². The van der Waals surface area contributed by atoms with Gasteiger partial charge >= 0.3 is 0 Å². The standard InChI is InChI=1S/C20H17N3O4S2/c24-19(21-11-10-15-5-4-12-27-15)14-8-9-17-18(13-14)28-20(22-17)23-29(25,26)16-6-2-1-3-7-16/h1-9,12-13H,10-11H2,(H,21,24)(H,22,23). The summed E-state index contributed by atoms with van der Waals surface area (Å²) in [5, 5.41) is 3.09. The Hall–Kier alpha value is -3.17. The molecule has 0 atom stereocenters. The van der Waals surface area contributed by atoms with E-state index in [4.69, 9.17) is 4.42 Å². The van der Waals surface area contributed by atoms with E-state index in [1.165, 1.54) is 23.5 Å². The number of furan rings is 1. The summed E-state index contributed by atoms with van der Waals surface area (Å²) in [5.41, 5.74) is 1.10. The fourth-order valence-corrected chi connectivity index (χ4v) is 4.90. The maximum atomic E-state index is 12.5. The van der Waals surface area contributed by atoms with Crippen LogP contribution in [0, 0.1) is 0 Å². The van der Waals surface area contributed by atoms with E-state index in [1.54, 1.807) is 48.7 Å². The zero-order valence-corrected chi connectivity index (χ0v) is 16.8. The maximum absolute atomic E-state index is 12.5. The molecule has 0 fully saturated rings. The van der Waals surface area contributed by atoms with Gasteiger partial charge in [-0.3, -0.25) is 9.52 Å². The zero-order valence-electron chi connectivity index (χ0n) is 15.2. The summed E-state index contributed by atoms with van der Waals surface area (Å²) in [6, 6.07) is 16.8. The number of thiazole rings is 1. The molecule has 2 heterocycles. The number of carbonyl (C=O) groups is 1. The molecule has 0 bridgehead atoms. The van der Waals surface area contributed by atoms with E-state index < -0.39 is 10.0 Å². The molecule has 0 spiro atoms. The van der Waals surface area contributed by atoms with Crippen molar-refractivity contribution < 1.29 is 17.6 Å². The van der Waals surface area contributed by atoms with Crippen molar-refractivity contribution >= 4 is 42.6 Å². The van der Waals surface area contributed by atoms with Crippen LogP contribution in [-0.2, 0) is 16.4 Å². The Kier molecular flexibility index (Phi) is 5.32. The lowest BCUT2D eigenvalue weighted by molar-refractivity contribution is 0.0954. The van der Waals surface area contributed by atoms with Crippen LogP contribution >= 0.6 is 11.3 Å². The average Bonchev–Trinajstić information content (AvgIpc) is 3.36. The van der Waals surface area contributed by atoms with Crippen molar-refractivity contribution in [2.75, 3.05) is 11.3 Å². The second kappa shape index (κ2) is 8.06. The number of fused-ring (bicyclic) bond motifs is 1. The Balaban J connectivity index is 1.46. The van der Waals surface area contributed by atoms with E-state index in [0.717, 1.165) is 10.5 Å². The Morgan fingerprint density at radius 1 is 1.07 bits per heavy atom. The topological polar surface area (TPSA) is 101 Å². The summed E-state index contributed by atoms with van der Waals surface area (Å²) in [6.07, 6.45) is 2.20. The predicted molar refractivity (Wildman–Crippen MR) is 112 cm³/mol. The highest BCUT2D eigenvalue weighted by atomic mass is 32.2. The van der Waals surface area contributed by atoms with E-state index in [9.17, 15) is 13.2 Å². The summed E-state index contributed by atoms with van der Waals surface area (Å²) in [6.45, 7) is 0.454. The molecule has 4 aromatic rings. The lowest BCUT2D eigenvalue weighted by Crippen LogP contribution is -2.25. The highest BCUT2D eigenvalue weighted by molar-refractivity contribution is 7.93. The van der Waals surface area contributed by atoms with Crippen LogP contribution in [0.3, 0.4) is 0 Å². The number of carbonyl (C=O) groups excluding carboxylic acids is 1. The van der Waals surface area contributed by atoms with Crippen LogP contribution in [0.25, 0.3) is 10.2 Å². The summed E-state index contributed by atoms with van der Waals surface area (Å²) in [5.74, 6) is 0.594. The van der Waals surface area contributed by atoms with Gasteiger partial charge in [-0.25, -0.2) is 13.4 Å². The predicted octanol–water partition coefficient (Wildman–Crippen LogP) is 3.66. The molecule has 2 aromatic carbocycles. The minimum Gasteiger partial charge on any atom is -0.469 e. The van der Waals surface area contributed by atoms with Crippen molar-refractivity contribution in [1.29, 1.82) is 0 Å². The first-order valence-corrected chi connectivity index (χ1v) is 11.1. The van der Waals surface area contributed by atoms with Crippen LogP contribution in [-0.4, -0.2) is 25.9 Å². The van der Waals surface area contributed by atoms with Gasteiger partial charge in [-0.15, -0.1) is 0 Å². The number of nitrogens with one attached hydrogen (secondary N) is 2. The number of hydrogen-bond donors (Lipinski definition) is 2. The number of aromatic nitrogens is 1.